The van der Waals surface area contributed by atoms with Crippen LogP contribution >= 0.6 is 10.9 Å². The van der Waals surface area contributed by atoms with Crippen molar-refractivity contribution in [1.29, 1.82) is 0 Å². The number of alkyl halides is 2. The first-order chi connectivity index (χ1) is 4.49. The molecule has 0 N–H and O–H groups in total. The summed E-state index contributed by atoms with van der Waals surface area (Å²) in [5, 5.41) is 0. The Morgan fingerprint density at radius 2 is 1.90 bits per heavy atom. The van der Waals surface area contributed by atoms with Crippen molar-refractivity contribution in [2.24, 2.45) is 0 Å². The molecule has 1 aliphatic heterocycles. The van der Waals surface area contributed by atoms with E-state index in [0.717, 1.165) is 5.88 Å². The summed E-state index contributed by atoms with van der Waals surface area (Å²) in [4.78, 5) is 1.81. The number of rotatable bonds is 2. The summed E-state index contributed by atoms with van der Waals surface area (Å²) < 4.78 is 24.4. The molecule has 1 aliphatic rings. The van der Waals surface area contributed by atoms with Gasteiger partial charge in [0, 0.05) is 5.88 Å². The van der Waals surface area contributed by atoms with Gasteiger partial charge in [-0.2, -0.15) is 0 Å². The average Bonchev–Trinajstić information content (AvgIpc) is 1.57. The molecule has 0 atom stereocenters. The fraction of sp³-hybridized carbons (Fsp3) is 1.00. The van der Waals surface area contributed by atoms with Crippen molar-refractivity contribution in [3.8, 4) is 0 Å². The number of hydrogen-bond donors (Lipinski definition) is 1. The minimum absolute atomic E-state index is 0.0203. The van der Waals surface area contributed by atoms with E-state index in [-0.39, 0.29) is 24.0 Å². The van der Waals surface area contributed by atoms with Crippen LogP contribution < -0.4 is 0 Å². The molecule has 0 aliphatic carbocycles. The van der Waals surface area contributed by atoms with Crippen LogP contribution in [-0.2, 0) is 0 Å². The van der Waals surface area contributed by atoms with Gasteiger partial charge in [-0.25, -0.2) is 19.7 Å². The van der Waals surface area contributed by atoms with Crippen molar-refractivity contribution in [3.63, 3.8) is 0 Å². The number of likely N-dealkylation sites (tertiary alicyclic amines) is 1. The highest BCUT2D eigenvalue weighted by Crippen LogP contribution is 2.29. The largest absolute Gasteiger partial charge is 0.284 e. The van der Waals surface area contributed by atoms with Gasteiger partial charge in [0.2, 0.25) is 0 Å². The Kier molecular flexibility index (Phi) is 2.20. The van der Waals surface area contributed by atoms with Crippen LogP contribution in [0.1, 0.15) is 0 Å². The van der Waals surface area contributed by atoms with Crippen LogP contribution in [0.2, 0.25) is 0 Å². The summed E-state index contributed by atoms with van der Waals surface area (Å²) in [7, 11) is -0.0433. The van der Waals surface area contributed by atoms with Gasteiger partial charge in [0.05, 0.1) is 13.1 Å². The summed E-state index contributed by atoms with van der Waals surface area (Å²) in [6, 6.07) is 0. The predicted molar refractivity (Wildman–Crippen MR) is 42.2 cm³/mol. The Labute approximate surface area is 62.7 Å². The Balaban J connectivity index is 2.15. The van der Waals surface area contributed by atoms with Gasteiger partial charge in [-0.1, -0.05) is 0 Å². The van der Waals surface area contributed by atoms with Crippen LogP contribution in [0.5, 0.6) is 0 Å². The molecule has 4 heteroatoms. The smallest absolute Gasteiger partial charge is 0.273 e. The molecule has 0 aromatic carbocycles. The predicted octanol–water partition coefficient (Wildman–Crippen LogP) is 1.16. The van der Waals surface area contributed by atoms with Crippen LogP contribution in [0.15, 0.2) is 0 Å². The molecule has 1 fully saturated rings. The average molecular weight is 169 g/mol. The van der Waals surface area contributed by atoms with E-state index in [2.05, 4.69) is 12.5 Å². The Hall–Kier alpha value is 0.170. The monoisotopic (exact) mass is 169 g/mol. The normalized spacial score (nSPS) is 25.8. The summed E-state index contributed by atoms with van der Waals surface area (Å²) in [6.07, 6.45) is 4.21. The van der Waals surface area contributed by atoms with Crippen LogP contribution in [0.25, 0.3) is 0 Å². The lowest BCUT2D eigenvalue weighted by Crippen LogP contribution is -2.56. The van der Waals surface area contributed by atoms with E-state index in [9.17, 15) is 8.78 Å². The van der Waals surface area contributed by atoms with E-state index in [4.69, 9.17) is 0 Å². The lowest BCUT2D eigenvalue weighted by molar-refractivity contribution is -0.122. The summed E-state index contributed by atoms with van der Waals surface area (Å²) in [6.45, 7) is -0.0406. The van der Waals surface area contributed by atoms with E-state index in [1.807, 2.05) is 4.90 Å². The molecule has 0 aromatic heterocycles. The lowest BCUT2D eigenvalue weighted by Gasteiger charge is -2.40. The van der Waals surface area contributed by atoms with Crippen molar-refractivity contribution in [3.05, 3.63) is 0 Å². The van der Waals surface area contributed by atoms with E-state index in [1.165, 1.54) is 0 Å². The van der Waals surface area contributed by atoms with Crippen LogP contribution in [0.3, 0.4) is 0 Å². The molecule has 0 amide bonds. The van der Waals surface area contributed by atoms with E-state index < -0.39 is 5.92 Å². The summed E-state index contributed by atoms with van der Waals surface area (Å²) in [5.74, 6) is -1.52. The zero-order valence-corrected chi connectivity index (χ0v) is 7.17. The first kappa shape index (κ1) is 8.27. The van der Waals surface area contributed by atoms with Gasteiger partial charge in [0.15, 0.2) is 0 Å². The summed E-state index contributed by atoms with van der Waals surface area (Å²) in [5.41, 5.74) is 0. The maximum atomic E-state index is 12.2. The van der Waals surface area contributed by atoms with Crippen molar-refractivity contribution in [1.82, 2.24) is 4.90 Å². The van der Waals surface area contributed by atoms with Gasteiger partial charge < -0.3 is 0 Å². The number of hydrogen-bond acceptors (Lipinski definition) is 1. The molecule has 0 aromatic rings. The molecule has 0 saturated carbocycles. The summed E-state index contributed by atoms with van der Waals surface area (Å²) >= 11 is 0. The number of thiol groups is 1. The first-order valence-corrected chi connectivity index (χ1v) is 5.67. The zero-order valence-electron chi connectivity index (χ0n) is 6.27. The van der Waals surface area contributed by atoms with Crippen LogP contribution in [-0.4, -0.2) is 42.3 Å². The Morgan fingerprint density at radius 1 is 1.40 bits per heavy atom. The Bertz CT molecular complexity index is 116. The third kappa shape index (κ3) is 2.09. The topological polar surface area (TPSA) is 3.24 Å². The van der Waals surface area contributed by atoms with Gasteiger partial charge in [-0.15, -0.1) is 0 Å². The van der Waals surface area contributed by atoms with Gasteiger partial charge in [0.1, 0.15) is 0 Å². The molecule has 1 saturated heterocycles. The molecule has 1 rings (SSSR count). The highest BCUT2D eigenvalue weighted by Gasteiger charge is 2.43. The molecule has 1 nitrogen and oxygen atoms in total. The lowest BCUT2D eigenvalue weighted by atomic mass is 10.2. The quantitative estimate of drug-likeness (QED) is 0.607. The van der Waals surface area contributed by atoms with E-state index in [1.54, 1.807) is 0 Å². The molecule has 10 heavy (non-hydrogen) atoms. The second-order valence-electron chi connectivity index (χ2n) is 3.06. The molecule has 0 spiro atoms. The van der Waals surface area contributed by atoms with E-state index in [0.29, 0.717) is 0 Å². The SMILES string of the molecule is C[SH](C)CN1CC(F)(F)C1. The van der Waals surface area contributed by atoms with Crippen molar-refractivity contribution >= 4 is 10.9 Å². The second kappa shape index (κ2) is 2.66. The minimum atomic E-state index is -2.38. The van der Waals surface area contributed by atoms with Crippen molar-refractivity contribution < 1.29 is 8.78 Å². The highest BCUT2D eigenvalue weighted by atomic mass is 32.2. The molecule has 1 heterocycles. The van der Waals surface area contributed by atoms with Crippen molar-refractivity contribution in [2.45, 2.75) is 5.92 Å². The van der Waals surface area contributed by atoms with Gasteiger partial charge in [0.25, 0.3) is 5.92 Å². The first-order valence-electron chi connectivity index (χ1n) is 3.24. The third-order valence-electron chi connectivity index (χ3n) is 1.39. The third-order valence-corrected chi connectivity index (χ3v) is 2.36. The molecule has 0 radical (unpaired) electrons. The molecular formula is C6H13F2NS. The molecule has 0 unspecified atom stereocenters. The van der Waals surface area contributed by atoms with Crippen LogP contribution in [0, 0.1) is 0 Å². The standard InChI is InChI=1S/C6H13F2NS/c1-10(2)5-9-3-6(7,8)4-9/h10H,3-5H2,1-2H3. The number of halogens is 2. The molecular weight excluding hydrogens is 156 g/mol. The fourth-order valence-electron chi connectivity index (χ4n) is 1.11. The molecule has 0 bridgehead atoms. The maximum Gasteiger partial charge on any atom is 0.273 e. The zero-order chi connectivity index (χ0) is 7.78. The second-order valence-corrected chi connectivity index (χ2v) is 5.51. The fourth-order valence-corrected chi connectivity index (χ4v) is 2.11. The van der Waals surface area contributed by atoms with Crippen molar-refractivity contribution in [2.75, 3.05) is 31.5 Å². The number of nitrogens with zero attached hydrogens (tertiary/aromatic N) is 1. The molecule has 62 valence electrons. The van der Waals surface area contributed by atoms with Gasteiger partial charge in [-0.05, 0) is 12.5 Å². The maximum absolute atomic E-state index is 12.2. The minimum Gasteiger partial charge on any atom is -0.284 e. The highest BCUT2D eigenvalue weighted by molar-refractivity contribution is 8.15. The van der Waals surface area contributed by atoms with E-state index >= 15 is 0 Å². The van der Waals surface area contributed by atoms with Gasteiger partial charge >= 0.3 is 0 Å². The van der Waals surface area contributed by atoms with Gasteiger partial charge in [-0.3, -0.25) is 4.90 Å². The van der Waals surface area contributed by atoms with Crippen LogP contribution in [0.4, 0.5) is 8.78 Å². The Morgan fingerprint density at radius 3 is 2.20 bits per heavy atom.